The molecule has 5 nitrogen and oxygen atoms in total. The Labute approximate surface area is 113 Å². The Hall–Kier alpha value is -1.33. The van der Waals surface area contributed by atoms with Crippen molar-refractivity contribution in [1.29, 1.82) is 0 Å². The topological polar surface area (TPSA) is 54.7 Å². The molecule has 0 aromatic carbocycles. The van der Waals surface area contributed by atoms with Crippen LogP contribution < -0.4 is 5.32 Å². The van der Waals surface area contributed by atoms with Crippen molar-refractivity contribution < 1.29 is 13.9 Å². The lowest BCUT2D eigenvalue weighted by Gasteiger charge is -2.29. The molecule has 1 atom stereocenters. The SMILES string of the molecule is Cc1occc1C(=O)NCC(C)CN1CCOCC1. The van der Waals surface area contributed by atoms with Gasteiger partial charge in [0.25, 0.3) is 5.91 Å². The molecule has 0 bridgehead atoms. The number of rotatable bonds is 5. The fourth-order valence-corrected chi connectivity index (χ4v) is 2.27. The molecule has 0 aliphatic carbocycles. The van der Waals surface area contributed by atoms with Crippen LogP contribution in [0.25, 0.3) is 0 Å². The highest BCUT2D eigenvalue weighted by Crippen LogP contribution is 2.08. The zero-order valence-corrected chi connectivity index (χ0v) is 11.6. The normalized spacial score (nSPS) is 18.2. The second kappa shape index (κ2) is 6.73. The first-order valence-corrected chi connectivity index (χ1v) is 6.79. The van der Waals surface area contributed by atoms with Crippen molar-refractivity contribution in [1.82, 2.24) is 10.2 Å². The molecule has 1 aliphatic heterocycles. The van der Waals surface area contributed by atoms with Crippen LogP contribution in [0.4, 0.5) is 0 Å². The number of hydrogen-bond donors (Lipinski definition) is 1. The van der Waals surface area contributed by atoms with Gasteiger partial charge in [-0.05, 0) is 18.9 Å². The van der Waals surface area contributed by atoms with Gasteiger partial charge >= 0.3 is 0 Å². The molecule has 1 fully saturated rings. The fraction of sp³-hybridized carbons (Fsp3) is 0.643. The third-order valence-corrected chi connectivity index (χ3v) is 3.39. The minimum Gasteiger partial charge on any atom is -0.469 e. The summed E-state index contributed by atoms with van der Waals surface area (Å²) >= 11 is 0. The van der Waals surface area contributed by atoms with Crippen LogP contribution in [0.3, 0.4) is 0 Å². The molecule has 1 aromatic rings. The van der Waals surface area contributed by atoms with Gasteiger partial charge in [-0.2, -0.15) is 0 Å². The maximum Gasteiger partial charge on any atom is 0.254 e. The van der Waals surface area contributed by atoms with Gasteiger partial charge < -0.3 is 14.5 Å². The van der Waals surface area contributed by atoms with E-state index in [9.17, 15) is 4.79 Å². The average molecular weight is 266 g/mol. The Balaban J connectivity index is 1.72. The minimum absolute atomic E-state index is 0.0555. The van der Waals surface area contributed by atoms with Crippen molar-refractivity contribution in [3.05, 3.63) is 23.7 Å². The van der Waals surface area contributed by atoms with Crippen molar-refractivity contribution in [2.24, 2.45) is 5.92 Å². The molecule has 2 heterocycles. The molecule has 5 heteroatoms. The average Bonchev–Trinajstić information content (AvgIpc) is 2.83. The van der Waals surface area contributed by atoms with E-state index in [1.54, 1.807) is 19.3 Å². The van der Waals surface area contributed by atoms with E-state index >= 15 is 0 Å². The van der Waals surface area contributed by atoms with Gasteiger partial charge in [-0.15, -0.1) is 0 Å². The number of carbonyl (C=O) groups is 1. The second-order valence-corrected chi connectivity index (χ2v) is 5.12. The molecule has 2 rings (SSSR count). The summed E-state index contributed by atoms with van der Waals surface area (Å²) in [5, 5.41) is 2.96. The van der Waals surface area contributed by atoms with Crippen molar-refractivity contribution in [3.8, 4) is 0 Å². The quantitative estimate of drug-likeness (QED) is 0.872. The molecule has 1 saturated heterocycles. The highest BCUT2D eigenvalue weighted by atomic mass is 16.5. The molecule has 1 unspecified atom stereocenters. The number of nitrogens with one attached hydrogen (secondary N) is 1. The van der Waals surface area contributed by atoms with E-state index in [1.807, 2.05) is 0 Å². The lowest BCUT2D eigenvalue weighted by molar-refractivity contribution is 0.0317. The molecule has 1 amide bonds. The second-order valence-electron chi connectivity index (χ2n) is 5.12. The van der Waals surface area contributed by atoms with Gasteiger partial charge in [-0.1, -0.05) is 6.92 Å². The summed E-state index contributed by atoms with van der Waals surface area (Å²) < 4.78 is 10.5. The van der Waals surface area contributed by atoms with E-state index in [1.165, 1.54) is 0 Å². The summed E-state index contributed by atoms with van der Waals surface area (Å²) in [4.78, 5) is 14.3. The fourth-order valence-electron chi connectivity index (χ4n) is 2.27. The van der Waals surface area contributed by atoms with E-state index in [0.29, 0.717) is 23.8 Å². The van der Waals surface area contributed by atoms with Gasteiger partial charge in [0.1, 0.15) is 5.76 Å². The zero-order chi connectivity index (χ0) is 13.7. The van der Waals surface area contributed by atoms with Crippen molar-refractivity contribution in [3.63, 3.8) is 0 Å². The van der Waals surface area contributed by atoms with E-state index < -0.39 is 0 Å². The van der Waals surface area contributed by atoms with E-state index in [4.69, 9.17) is 9.15 Å². The van der Waals surface area contributed by atoms with Gasteiger partial charge in [-0.3, -0.25) is 9.69 Å². The monoisotopic (exact) mass is 266 g/mol. The van der Waals surface area contributed by atoms with E-state index in [-0.39, 0.29) is 5.91 Å². The Morgan fingerprint density at radius 3 is 2.84 bits per heavy atom. The van der Waals surface area contributed by atoms with E-state index in [0.717, 1.165) is 32.8 Å². The standard InChI is InChI=1S/C14H22N2O3/c1-11(10-16-4-7-18-8-5-16)9-15-14(17)13-3-6-19-12(13)2/h3,6,11H,4-5,7-10H2,1-2H3,(H,15,17). The van der Waals surface area contributed by atoms with E-state index in [2.05, 4.69) is 17.1 Å². The Morgan fingerprint density at radius 2 is 2.21 bits per heavy atom. The molecule has 19 heavy (non-hydrogen) atoms. The number of nitrogens with zero attached hydrogens (tertiary/aromatic N) is 1. The summed E-state index contributed by atoms with van der Waals surface area (Å²) in [7, 11) is 0. The first-order valence-electron chi connectivity index (χ1n) is 6.79. The Morgan fingerprint density at radius 1 is 1.47 bits per heavy atom. The van der Waals surface area contributed by atoms with Crippen LogP contribution in [0.5, 0.6) is 0 Å². The molecule has 1 aromatic heterocycles. The highest BCUT2D eigenvalue weighted by molar-refractivity contribution is 5.94. The van der Waals surface area contributed by atoms with Gasteiger partial charge in [0.05, 0.1) is 25.0 Å². The molecule has 0 saturated carbocycles. The number of aryl methyl sites for hydroxylation is 1. The third kappa shape index (κ3) is 4.08. The first-order chi connectivity index (χ1) is 9.16. The largest absolute Gasteiger partial charge is 0.469 e. The molecule has 106 valence electrons. The molecule has 0 spiro atoms. The van der Waals surface area contributed by atoms with Gasteiger partial charge in [0.15, 0.2) is 0 Å². The predicted molar refractivity (Wildman–Crippen MR) is 72.2 cm³/mol. The highest BCUT2D eigenvalue weighted by Gasteiger charge is 2.16. The maximum absolute atomic E-state index is 11.9. The number of ether oxygens (including phenoxy) is 1. The molecule has 1 N–H and O–H groups in total. The van der Waals surface area contributed by atoms with Gasteiger partial charge in [-0.25, -0.2) is 0 Å². The lowest BCUT2D eigenvalue weighted by atomic mass is 10.1. The van der Waals surface area contributed by atoms with Crippen LogP contribution in [0, 0.1) is 12.8 Å². The van der Waals surface area contributed by atoms with Crippen LogP contribution in [-0.4, -0.2) is 50.2 Å². The minimum atomic E-state index is -0.0555. The first kappa shape index (κ1) is 14.1. The maximum atomic E-state index is 11.9. The van der Waals surface area contributed by atoms with Crippen LogP contribution >= 0.6 is 0 Å². The Bertz CT molecular complexity index is 411. The summed E-state index contributed by atoms with van der Waals surface area (Å²) in [6.07, 6.45) is 1.54. The number of carbonyl (C=O) groups excluding carboxylic acids is 1. The third-order valence-electron chi connectivity index (χ3n) is 3.39. The lowest BCUT2D eigenvalue weighted by Crippen LogP contribution is -2.41. The summed E-state index contributed by atoms with van der Waals surface area (Å²) in [5.41, 5.74) is 0.624. The Kier molecular flexibility index (Phi) is 4.99. The van der Waals surface area contributed by atoms with Gasteiger partial charge in [0, 0.05) is 26.2 Å². The van der Waals surface area contributed by atoms with Crippen molar-refractivity contribution in [2.75, 3.05) is 39.4 Å². The predicted octanol–water partition coefficient (Wildman–Crippen LogP) is 1.29. The van der Waals surface area contributed by atoms with Gasteiger partial charge in [0.2, 0.25) is 0 Å². The molecular weight excluding hydrogens is 244 g/mol. The van der Waals surface area contributed by atoms with Crippen LogP contribution in [0.2, 0.25) is 0 Å². The molecule has 1 aliphatic rings. The number of hydrogen-bond acceptors (Lipinski definition) is 4. The van der Waals surface area contributed by atoms with Crippen LogP contribution in [-0.2, 0) is 4.74 Å². The smallest absolute Gasteiger partial charge is 0.254 e. The summed E-state index contributed by atoms with van der Waals surface area (Å²) in [6, 6.07) is 1.71. The number of amides is 1. The van der Waals surface area contributed by atoms with Crippen LogP contribution in [0.1, 0.15) is 23.0 Å². The summed E-state index contributed by atoms with van der Waals surface area (Å²) in [5.74, 6) is 1.03. The number of morpholine rings is 1. The van der Waals surface area contributed by atoms with Crippen molar-refractivity contribution in [2.45, 2.75) is 13.8 Å². The zero-order valence-electron chi connectivity index (χ0n) is 11.6. The molecular formula is C14H22N2O3. The van der Waals surface area contributed by atoms with Crippen molar-refractivity contribution >= 4 is 5.91 Å². The molecule has 0 radical (unpaired) electrons. The summed E-state index contributed by atoms with van der Waals surface area (Å²) in [6.45, 7) is 9.22. The number of furan rings is 1. The van der Waals surface area contributed by atoms with Crippen LogP contribution in [0.15, 0.2) is 16.7 Å².